The summed E-state index contributed by atoms with van der Waals surface area (Å²) in [5.41, 5.74) is 2.48. The van der Waals surface area contributed by atoms with E-state index in [4.69, 9.17) is 14.2 Å². The number of hydrogen-bond acceptors (Lipinski definition) is 7. The highest BCUT2D eigenvalue weighted by Gasteiger charge is 2.22. The molecular formula is C22H21NO6S. The van der Waals surface area contributed by atoms with E-state index >= 15 is 0 Å². The number of benzene rings is 2. The molecule has 0 aliphatic heterocycles. The summed E-state index contributed by atoms with van der Waals surface area (Å²) in [7, 11) is 0.493. The summed E-state index contributed by atoms with van der Waals surface area (Å²) in [6.45, 7) is 0. The van der Waals surface area contributed by atoms with Gasteiger partial charge in [-0.1, -0.05) is 12.1 Å². The smallest absolute Gasteiger partial charge is 0.337 e. The normalized spacial score (nSPS) is 11.0. The molecule has 30 heavy (non-hydrogen) atoms. The fraction of sp³-hybridized carbons (Fsp3) is 0.182. The molecule has 0 saturated heterocycles. The number of pyridine rings is 1. The van der Waals surface area contributed by atoms with Crippen molar-refractivity contribution in [3.05, 3.63) is 72.1 Å². The van der Waals surface area contributed by atoms with Gasteiger partial charge >= 0.3 is 5.97 Å². The number of sulfone groups is 1. The summed E-state index contributed by atoms with van der Waals surface area (Å²) < 4.78 is 41.1. The fourth-order valence-electron chi connectivity index (χ4n) is 2.97. The van der Waals surface area contributed by atoms with E-state index < -0.39 is 15.8 Å². The molecule has 0 N–H and O–H groups in total. The molecule has 0 fully saturated rings. The van der Waals surface area contributed by atoms with Gasteiger partial charge in [-0.25, -0.2) is 13.2 Å². The Balaban J connectivity index is 1.91. The number of ether oxygens (including phenoxy) is 3. The first-order valence-corrected chi connectivity index (χ1v) is 10.6. The van der Waals surface area contributed by atoms with Crippen LogP contribution in [0.15, 0.2) is 65.8 Å². The number of nitrogens with zero attached hydrogens (tertiary/aromatic N) is 1. The molecule has 1 aromatic heterocycles. The molecular weight excluding hydrogens is 406 g/mol. The molecule has 3 aromatic rings. The second-order valence-electron chi connectivity index (χ2n) is 6.43. The maximum atomic E-state index is 13.0. The number of carbonyl (C=O) groups excluding carboxylic acids is 1. The van der Waals surface area contributed by atoms with Crippen LogP contribution in [0.1, 0.15) is 15.9 Å². The first-order valence-electron chi connectivity index (χ1n) is 8.95. The molecule has 0 bridgehead atoms. The van der Waals surface area contributed by atoms with Gasteiger partial charge < -0.3 is 14.2 Å². The Hall–Kier alpha value is -3.39. The summed E-state index contributed by atoms with van der Waals surface area (Å²) in [5, 5.41) is 0. The maximum absolute atomic E-state index is 13.0. The summed E-state index contributed by atoms with van der Waals surface area (Å²) >= 11 is 0. The number of aromatic nitrogens is 1. The van der Waals surface area contributed by atoms with Gasteiger partial charge in [0.15, 0.2) is 9.84 Å². The van der Waals surface area contributed by atoms with Crippen molar-refractivity contribution in [3.63, 3.8) is 0 Å². The number of hydrogen-bond donors (Lipinski definition) is 0. The highest BCUT2D eigenvalue weighted by atomic mass is 32.2. The van der Waals surface area contributed by atoms with Crippen LogP contribution in [0.3, 0.4) is 0 Å². The molecule has 2 aromatic carbocycles. The van der Waals surface area contributed by atoms with Crippen molar-refractivity contribution in [1.82, 2.24) is 4.98 Å². The van der Waals surface area contributed by atoms with E-state index in [1.807, 2.05) is 0 Å². The van der Waals surface area contributed by atoms with Gasteiger partial charge in [0.05, 0.1) is 32.6 Å². The quantitative estimate of drug-likeness (QED) is 0.533. The zero-order chi connectivity index (χ0) is 21.7. The van der Waals surface area contributed by atoms with Crippen LogP contribution in [0.2, 0.25) is 0 Å². The molecule has 0 spiro atoms. The maximum Gasteiger partial charge on any atom is 0.337 e. The SMILES string of the molecule is COC(=O)c1ccc(-c2cncc(CS(=O)(=O)c3cc(OC)ccc3OC)c2)cc1. The molecule has 0 atom stereocenters. The van der Waals surface area contributed by atoms with Gasteiger partial charge in [0.1, 0.15) is 16.4 Å². The second-order valence-corrected chi connectivity index (χ2v) is 8.38. The molecule has 0 saturated carbocycles. The molecule has 0 aliphatic carbocycles. The first kappa shape index (κ1) is 21.3. The van der Waals surface area contributed by atoms with E-state index in [1.54, 1.807) is 48.7 Å². The van der Waals surface area contributed by atoms with Crippen molar-refractivity contribution in [1.29, 1.82) is 0 Å². The predicted molar refractivity (Wildman–Crippen MR) is 111 cm³/mol. The highest BCUT2D eigenvalue weighted by Crippen LogP contribution is 2.31. The van der Waals surface area contributed by atoms with E-state index in [0.717, 1.165) is 11.1 Å². The van der Waals surface area contributed by atoms with Crippen LogP contribution in [-0.4, -0.2) is 40.7 Å². The van der Waals surface area contributed by atoms with Crippen molar-refractivity contribution < 1.29 is 27.4 Å². The molecule has 8 heteroatoms. The number of esters is 1. The summed E-state index contributed by atoms with van der Waals surface area (Å²) in [4.78, 5) is 15.8. The third-order valence-corrected chi connectivity index (χ3v) is 6.20. The summed E-state index contributed by atoms with van der Waals surface area (Å²) in [5.74, 6) is -0.00513. The Morgan fingerprint density at radius 1 is 0.900 bits per heavy atom. The van der Waals surface area contributed by atoms with Crippen LogP contribution in [0.5, 0.6) is 11.5 Å². The Morgan fingerprint density at radius 2 is 1.63 bits per heavy atom. The average Bonchev–Trinajstić information content (AvgIpc) is 2.78. The Kier molecular flexibility index (Phi) is 6.37. The van der Waals surface area contributed by atoms with Gasteiger partial charge in [0.25, 0.3) is 0 Å². The van der Waals surface area contributed by atoms with Gasteiger partial charge in [0, 0.05) is 24.0 Å². The van der Waals surface area contributed by atoms with Gasteiger partial charge in [-0.3, -0.25) is 4.98 Å². The van der Waals surface area contributed by atoms with E-state index in [9.17, 15) is 13.2 Å². The second kappa shape index (κ2) is 8.96. The summed E-state index contributed by atoms with van der Waals surface area (Å²) in [6.07, 6.45) is 3.14. The lowest BCUT2D eigenvalue weighted by Crippen LogP contribution is -2.07. The molecule has 0 unspecified atom stereocenters. The van der Waals surface area contributed by atoms with E-state index in [0.29, 0.717) is 16.9 Å². The first-order chi connectivity index (χ1) is 14.4. The van der Waals surface area contributed by atoms with E-state index in [-0.39, 0.29) is 16.4 Å². The van der Waals surface area contributed by atoms with Crippen molar-refractivity contribution in [3.8, 4) is 22.6 Å². The summed E-state index contributed by atoms with van der Waals surface area (Å²) in [6, 6.07) is 13.2. The molecule has 156 valence electrons. The van der Waals surface area contributed by atoms with E-state index in [1.165, 1.54) is 33.6 Å². The minimum Gasteiger partial charge on any atom is -0.497 e. The Labute approximate surface area is 175 Å². The predicted octanol–water partition coefficient (Wildman–Crippen LogP) is 3.53. The molecule has 0 aliphatic rings. The molecule has 1 heterocycles. The van der Waals surface area contributed by atoms with Gasteiger partial charge in [-0.15, -0.1) is 0 Å². The number of methoxy groups -OCH3 is 3. The third-order valence-electron chi connectivity index (χ3n) is 4.50. The van der Waals surface area contributed by atoms with Crippen LogP contribution in [0, 0.1) is 0 Å². The van der Waals surface area contributed by atoms with Gasteiger partial charge in [0.2, 0.25) is 0 Å². The third kappa shape index (κ3) is 4.60. The lowest BCUT2D eigenvalue weighted by molar-refractivity contribution is 0.0600. The van der Waals surface area contributed by atoms with Crippen LogP contribution in [0.25, 0.3) is 11.1 Å². The standard InChI is InChI=1S/C22H21NO6S/c1-27-19-8-9-20(28-2)21(11-19)30(25,26)14-15-10-18(13-23-12-15)16-4-6-17(7-5-16)22(24)29-3/h4-13H,14H2,1-3H3. The lowest BCUT2D eigenvalue weighted by Gasteiger charge is -2.12. The average molecular weight is 427 g/mol. The minimum atomic E-state index is -3.72. The topological polar surface area (TPSA) is 91.8 Å². The Bertz CT molecular complexity index is 1160. The Morgan fingerprint density at radius 3 is 2.27 bits per heavy atom. The molecule has 0 amide bonds. The zero-order valence-corrected chi connectivity index (χ0v) is 17.6. The van der Waals surface area contributed by atoms with Crippen LogP contribution in [-0.2, 0) is 20.3 Å². The molecule has 3 rings (SSSR count). The van der Waals surface area contributed by atoms with E-state index in [2.05, 4.69) is 4.98 Å². The monoisotopic (exact) mass is 427 g/mol. The zero-order valence-electron chi connectivity index (χ0n) is 16.8. The van der Waals surface area contributed by atoms with Crippen LogP contribution in [0.4, 0.5) is 0 Å². The highest BCUT2D eigenvalue weighted by molar-refractivity contribution is 7.90. The number of carbonyl (C=O) groups is 1. The van der Waals surface area contributed by atoms with Gasteiger partial charge in [-0.2, -0.15) is 0 Å². The minimum absolute atomic E-state index is 0.0529. The molecule has 0 radical (unpaired) electrons. The van der Waals surface area contributed by atoms with Gasteiger partial charge in [-0.05, 0) is 41.5 Å². The van der Waals surface area contributed by atoms with Crippen molar-refractivity contribution in [2.24, 2.45) is 0 Å². The molecule has 7 nitrogen and oxygen atoms in total. The fourth-order valence-corrected chi connectivity index (χ4v) is 4.47. The largest absolute Gasteiger partial charge is 0.497 e. The number of rotatable bonds is 7. The lowest BCUT2D eigenvalue weighted by atomic mass is 10.0. The van der Waals surface area contributed by atoms with Crippen LogP contribution >= 0.6 is 0 Å². The van der Waals surface area contributed by atoms with Crippen LogP contribution < -0.4 is 9.47 Å². The van der Waals surface area contributed by atoms with Crippen molar-refractivity contribution in [2.45, 2.75) is 10.6 Å². The van der Waals surface area contributed by atoms with Crippen molar-refractivity contribution in [2.75, 3.05) is 21.3 Å². The van der Waals surface area contributed by atoms with Crippen molar-refractivity contribution >= 4 is 15.8 Å².